The van der Waals surface area contributed by atoms with Crippen molar-refractivity contribution in [2.24, 2.45) is 5.92 Å². The molecule has 0 bridgehead atoms. The van der Waals surface area contributed by atoms with Crippen molar-refractivity contribution in [3.8, 4) is 6.07 Å². The van der Waals surface area contributed by atoms with E-state index in [1.165, 1.54) is 0 Å². The molecule has 0 aliphatic carbocycles. The second-order valence-corrected chi connectivity index (χ2v) is 6.53. The molecule has 0 N–H and O–H groups in total. The van der Waals surface area contributed by atoms with E-state index in [0.717, 1.165) is 44.9 Å². The summed E-state index contributed by atoms with van der Waals surface area (Å²) in [6, 6.07) is 2.28. The summed E-state index contributed by atoms with van der Waals surface area (Å²) < 4.78 is 1.02. The van der Waals surface area contributed by atoms with Crippen molar-refractivity contribution in [2.45, 2.75) is 6.92 Å². The molecule has 0 atom stereocenters. The second-order valence-electron chi connectivity index (χ2n) is 5.12. The highest BCUT2D eigenvalue weighted by Gasteiger charge is 2.30. The monoisotopic (exact) mass is 315 g/mol. The summed E-state index contributed by atoms with van der Waals surface area (Å²) in [7, 11) is 0. The molecule has 4 rings (SSSR count). The van der Waals surface area contributed by atoms with Gasteiger partial charge in [0.25, 0.3) is 0 Å². The molecular formula is C14H10ClN5S. The number of anilines is 1. The van der Waals surface area contributed by atoms with Crippen molar-refractivity contribution in [1.82, 2.24) is 15.0 Å². The molecule has 0 saturated carbocycles. The van der Waals surface area contributed by atoms with E-state index in [1.807, 2.05) is 6.92 Å². The zero-order chi connectivity index (χ0) is 14.6. The van der Waals surface area contributed by atoms with Crippen LogP contribution in [0.3, 0.4) is 0 Å². The second kappa shape index (κ2) is 4.52. The summed E-state index contributed by atoms with van der Waals surface area (Å²) in [5.74, 6) is 0.990. The summed E-state index contributed by atoms with van der Waals surface area (Å²) in [6.45, 7) is 3.43. The van der Waals surface area contributed by atoms with Crippen LogP contribution in [-0.4, -0.2) is 28.0 Å². The van der Waals surface area contributed by atoms with Crippen LogP contribution in [0, 0.1) is 24.2 Å². The maximum atomic E-state index is 8.91. The summed E-state index contributed by atoms with van der Waals surface area (Å²) in [6.07, 6.45) is 3.25. The first-order valence-corrected chi connectivity index (χ1v) is 7.71. The fourth-order valence-corrected chi connectivity index (χ4v) is 3.92. The Morgan fingerprint density at radius 1 is 1.38 bits per heavy atom. The Morgan fingerprint density at radius 2 is 2.19 bits per heavy atom. The molecule has 1 aliphatic rings. The minimum atomic E-state index is 0.0960. The molecular weight excluding hydrogens is 306 g/mol. The molecule has 4 heterocycles. The molecule has 1 fully saturated rings. The molecule has 104 valence electrons. The Morgan fingerprint density at radius 3 is 2.95 bits per heavy atom. The molecule has 3 aromatic rings. The lowest BCUT2D eigenvalue weighted by atomic mass is 10.0. The third kappa shape index (κ3) is 1.78. The summed E-state index contributed by atoms with van der Waals surface area (Å²) in [5, 5.41) is 10.6. The lowest BCUT2D eigenvalue weighted by molar-refractivity contribution is 0.501. The van der Waals surface area contributed by atoms with Crippen LogP contribution in [0.25, 0.3) is 20.4 Å². The molecule has 3 aromatic heterocycles. The van der Waals surface area contributed by atoms with Crippen LogP contribution in [0.4, 0.5) is 5.82 Å². The van der Waals surface area contributed by atoms with Crippen LogP contribution in [0.2, 0.25) is 5.02 Å². The SMILES string of the molecule is Cc1c(Cl)cnc2sc3c(N4CC(C#N)C4)ncnc3c12. The average Bonchev–Trinajstić information content (AvgIpc) is 2.82. The molecule has 5 nitrogen and oxygen atoms in total. The van der Waals surface area contributed by atoms with Crippen molar-refractivity contribution in [3.05, 3.63) is 23.1 Å². The molecule has 0 aromatic carbocycles. The van der Waals surface area contributed by atoms with Gasteiger partial charge >= 0.3 is 0 Å². The fourth-order valence-electron chi connectivity index (χ4n) is 2.60. The summed E-state index contributed by atoms with van der Waals surface area (Å²) in [5.41, 5.74) is 1.89. The van der Waals surface area contributed by atoms with E-state index in [2.05, 4.69) is 25.9 Å². The number of hydrogen-bond donors (Lipinski definition) is 0. The first kappa shape index (κ1) is 12.7. The molecule has 0 spiro atoms. The Hall–Kier alpha value is -1.97. The Labute approximate surface area is 129 Å². The molecule has 0 amide bonds. The van der Waals surface area contributed by atoms with Crippen molar-refractivity contribution in [2.75, 3.05) is 18.0 Å². The van der Waals surface area contributed by atoms with E-state index >= 15 is 0 Å². The Kier molecular flexibility index (Phi) is 2.74. The summed E-state index contributed by atoms with van der Waals surface area (Å²) >= 11 is 7.75. The van der Waals surface area contributed by atoms with Crippen molar-refractivity contribution < 1.29 is 0 Å². The number of nitriles is 1. The maximum absolute atomic E-state index is 8.91. The fraction of sp³-hybridized carbons (Fsp3) is 0.286. The molecule has 1 aliphatic heterocycles. The number of rotatable bonds is 1. The molecule has 1 saturated heterocycles. The zero-order valence-corrected chi connectivity index (χ0v) is 12.7. The van der Waals surface area contributed by atoms with Crippen molar-refractivity contribution in [3.63, 3.8) is 0 Å². The third-order valence-corrected chi connectivity index (χ3v) is 5.29. The van der Waals surface area contributed by atoms with Gasteiger partial charge in [-0.1, -0.05) is 11.6 Å². The van der Waals surface area contributed by atoms with Crippen LogP contribution in [0.1, 0.15) is 5.56 Å². The van der Waals surface area contributed by atoms with Gasteiger partial charge in [-0.3, -0.25) is 0 Å². The van der Waals surface area contributed by atoms with Crippen molar-refractivity contribution in [1.29, 1.82) is 5.26 Å². The van der Waals surface area contributed by atoms with Gasteiger partial charge in [-0.05, 0) is 12.5 Å². The van der Waals surface area contributed by atoms with Crippen LogP contribution >= 0.6 is 22.9 Å². The van der Waals surface area contributed by atoms with E-state index in [0.29, 0.717) is 5.02 Å². The molecule has 0 unspecified atom stereocenters. The first-order chi connectivity index (χ1) is 10.2. The number of thiophene rings is 1. The van der Waals surface area contributed by atoms with Gasteiger partial charge in [-0.15, -0.1) is 11.3 Å². The first-order valence-electron chi connectivity index (χ1n) is 6.52. The number of aromatic nitrogens is 3. The number of pyridine rings is 1. The van der Waals surface area contributed by atoms with Gasteiger partial charge in [0, 0.05) is 24.7 Å². The molecule has 0 radical (unpaired) electrons. The smallest absolute Gasteiger partial charge is 0.150 e. The predicted octanol–water partition coefficient (Wildman–Crippen LogP) is 3.16. The number of fused-ring (bicyclic) bond motifs is 3. The molecule has 7 heteroatoms. The number of halogens is 1. The Balaban J connectivity index is 1.95. The highest BCUT2D eigenvalue weighted by Crippen LogP contribution is 2.40. The highest BCUT2D eigenvalue weighted by molar-refractivity contribution is 7.26. The standard InChI is InChI=1S/C14H10ClN5S/c1-7-9(15)3-17-14-10(7)11-12(21-14)13(19-6-18-11)20-4-8(2-16)5-20/h3,6,8H,4-5H2,1H3. The normalized spacial score (nSPS) is 15.4. The predicted molar refractivity (Wildman–Crippen MR) is 83.8 cm³/mol. The zero-order valence-electron chi connectivity index (χ0n) is 11.2. The largest absolute Gasteiger partial charge is 0.353 e. The van der Waals surface area contributed by atoms with Crippen LogP contribution in [0.15, 0.2) is 12.5 Å². The van der Waals surface area contributed by atoms with Crippen LogP contribution < -0.4 is 4.90 Å². The van der Waals surface area contributed by atoms with E-state index in [1.54, 1.807) is 23.9 Å². The van der Waals surface area contributed by atoms with E-state index in [4.69, 9.17) is 16.9 Å². The van der Waals surface area contributed by atoms with Gasteiger partial charge in [-0.2, -0.15) is 5.26 Å². The third-order valence-electron chi connectivity index (χ3n) is 3.83. The maximum Gasteiger partial charge on any atom is 0.150 e. The van der Waals surface area contributed by atoms with E-state index in [-0.39, 0.29) is 5.92 Å². The molecule has 21 heavy (non-hydrogen) atoms. The van der Waals surface area contributed by atoms with Gasteiger partial charge in [0.1, 0.15) is 17.0 Å². The minimum absolute atomic E-state index is 0.0960. The quantitative estimate of drug-likeness (QED) is 0.690. The lowest BCUT2D eigenvalue weighted by Crippen LogP contribution is -2.46. The van der Waals surface area contributed by atoms with Gasteiger partial charge in [0.15, 0.2) is 0 Å². The summed E-state index contributed by atoms with van der Waals surface area (Å²) in [4.78, 5) is 16.3. The van der Waals surface area contributed by atoms with Gasteiger partial charge in [0.2, 0.25) is 0 Å². The van der Waals surface area contributed by atoms with Crippen molar-refractivity contribution >= 4 is 49.2 Å². The van der Waals surface area contributed by atoms with Gasteiger partial charge in [-0.25, -0.2) is 15.0 Å². The number of nitrogens with zero attached hydrogens (tertiary/aromatic N) is 5. The van der Waals surface area contributed by atoms with Crippen LogP contribution in [0.5, 0.6) is 0 Å². The van der Waals surface area contributed by atoms with Gasteiger partial charge < -0.3 is 4.90 Å². The number of hydrogen-bond acceptors (Lipinski definition) is 6. The van der Waals surface area contributed by atoms with Crippen LogP contribution in [-0.2, 0) is 0 Å². The lowest BCUT2D eigenvalue weighted by Gasteiger charge is -2.36. The van der Waals surface area contributed by atoms with E-state index in [9.17, 15) is 0 Å². The Bertz CT molecular complexity index is 907. The number of aryl methyl sites for hydroxylation is 1. The average molecular weight is 316 g/mol. The topological polar surface area (TPSA) is 65.7 Å². The van der Waals surface area contributed by atoms with E-state index < -0.39 is 0 Å². The van der Waals surface area contributed by atoms with Gasteiger partial charge in [0.05, 0.1) is 27.2 Å². The highest BCUT2D eigenvalue weighted by atomic mass is 35.5. The minimum Gasteiger partial charge on any atom is -0.353 e.